The van der Waals surface area contributed by atoms with Crippen LogP contribution in [-0.4, -0.2) is 30.9 Å². The molecule has 1 aliphatic heterocycles. The number of fused-ring (bicyclic) bond motifs is 1. The van der Waals surface area contributed by atoms with Crippen molar-refractivity contribution in [1.29, 1.82) is 0 Å². The molecule has 174 valence electrons. The lowest BCUT2D eigenvalue weighted by Crippen LogP contribution is -2.40. The van der Waals surface area contributed by atoms with Crippen molar-refractivity contribution < 1.29 is 0 Å². The molecular weight excluding hydrogens is 442 g/mol. The Bertz CT molecular complexity index is 1270. The predicted octanol–water partition coefficient (Wildman–Crippen LogP) is 4.33. The lowest BCUT2D eigenvalue weighted by molar-refractivity contribution is 0.509. The summed E-state index contributed by atoms with van der Waals surface area (Å²) < 4.78 is 2.85. The normalized spacial score (nSPS) is 15.5. The van der Waals surface area contributed by atoms with Crippen LogP contribution in [0.4, 0.5) is 0 Å². The van der Waals surface area contributed by atoms with Gasteiger partial charge in [0.1, 0.15) is 6.04 Å². The number of benzene rings is 1. The van der Waals surface area contributed by atoms with Gasteiger partial charge in [-0.25, -0.2) is 4.79 Å². The molecule has 0 fully saturated rings. The number of nitrogens with zero attached hydrogens (tertiary/aromatic N) is 6. The Kier molecular flexibility index (Phi) is 7.49. The molecule has 33 heavy (non-hydrogen) atoms. The van der Waals surface area contributed by atoms with Crippen LogP contribution < -0.4 is 11.2 Å². The number of rotatable bonds is 11. The van der Waals surface area contributed by atoms with E-state index in [1.54, 1.807) is 4.57 Å². The first-order valence-corrected chi connectivity index (χ1v) is 11.9. The summed E-state index contributed by atoms with van der Waals surface area (Å²) in [6.07, 6.45) is 5.84. The zero-order valence-electron chi connectivity index (χ0n) is 18.7. The van der Waals surface area contributed by atoms with Crippen molar-refractivity contribution >= 4 is 28.5 Å². The molecule has 1 aliphatic rings. The topological polar surface area (TPSA) is 110 Å². The summed E-state index contributed by atoms with van der Waals surface area (Å²) in [5.41, 5.74) is 2.09. The molecule has 0 saturated carbocycles. The van der Waals surface area contributed by atoms with Gasteiger partial charge in [-0.3, -0.25) is 13.9 Å². The number of aromatic nitrogens is 4. The summed E-state index contributed by atoms with van der Waals surface area (Å²) in [5, 5.41) is 12.5. The van der Waals surface area contributed by atoms with Crippen LogP contribution in [0.1, 0.15) is 51.0 Å². The van der Waals surface area contributed by atoms with Crippen LogP contribution in [0.5, 0.6) is 0 Å². The fourth-order valence-electron chi connectivity index (χ4n) is 4.10. The number of hydrogen-bond donors (Lipinski definition) is 1. The van der Waals surface area contributed by atoms with E-state index in [9.17, 15) is 9.59 Å². The second kappa shape index (κ2) is 10.7. The largest absolute Gasteiger partial charge is 0.332 e. The van der Waals surface area contributed by atoms with Crippen molar-refractivity contribution in [3.05, 3.63) is 62.0 Å². The maximum Gasteiger partial charge on any atom is 0.332 e. The van der Waals surface area contributed by atoms with Gasteiger partial charge in [-0.2, -0.15) is 10.1 Å². The van der Waals surface area contributed by atoms with Crippen LogP contribution in [0, 0.1) is 0 Å². The van der Waals surface area contributed by atoms with Gasteiger partial charge in [0, 0.05) is 19.5 Å². The summed E-state index contributed by atoms with van der Waals surface area (Å²) >= 11 is 5.98. The Labute approximate surface area is 196 Å². The first kappa shape index (κ1) is 23.1. The highest BCUT2D eigenvalue weighted by Gasteiger charge is 2.20. The second-order valence-corrected chi connectivity index (χ2v) is 8.65. The predicted molar refractivity (Wildman–Crippen MR) is 129 cm³/mol. The minimum absolute atomic E-state index is 0.00249. The van der Waals surface area contributed by atoms with Crippen molar-refractivity contribution in [2.75, 3.05) is 0 Å². The summed E-state index contributed by atoms with van der Waals surface area (Å²) in [6.45, 7) is 2.91. The molecule has 2 aromatic heterocycles. The molecule has 1 atom stereocenters. The van der Waals surface area contributed by atoms with E-state index in [0.717, 1.165) is 44.2 Å². The third kappa shape index (κ3) is 5.30. The average Bonchev–Trinajstić information content (AvgIpc) is 3.42. The molecular formula is C23H28ClN7O2. The van der Waals surface area contributed by atoms with Gasteiger partial charge in [0.05, 0.1) is 5.71 Å². The maximum atomic E-state index is 13.0. The van der Waals surface area contributed by atoms with Crippen LogP contribution in [-0.2, 0) is 19.5 Å². The van der Waals surface area contributed by atoms with E-state index in [4.69, 9.17) is 11.6 Å². The molecule has 3 heterocycles. The molecule has 1 aromatic carbocycles. The Balaban J connectivity index is 1.35. The Morgan fingerprint density at radius 1 is 1.03 bits per heavy atom. The monoisotopic (exact) mass is 469 g/mol. The standard InChI is InChI=1S/C23H28ClN7O2/c1-2-3-13-30-20-19(25-22(24)26-20)21(32)31(23(30)33)14-9-5-8-12-17-18(28-29-27-17)15-16-10-6-4-7-11-16/h4,6-7,10-11,17H,2-3,5,8-9,12-15H2,1H3,(H,25,26). The molecule has 1 N–H and O–H groups in total. The van der Waals surface area contributed by atoms with Crippen LogP contribution in [0.25, 0.3) is 11.2 Å². The Morgan fingerprint density at radius 3 is 2.61 bits per heavy atom. The SMILES string of the molecule is CCCCn1c(=O)n(CCCCCC2N=NN=C2Cc2ccccc2)c(=O)c2[nH]c(Cl)nc21. The minimum atomic E-state index is -0.371. The quantitative estimate of drug-likeness (QED) is 0.333. The highest BCUT2D eigenvalue weighted by atomic mass is 35.5. The highest BCUT2D eigenvalue weighted by molar-refractivity contribution is 6.28. The molecule has 1 unspecified atom stereocenters. The molecule has 0 bridgehead atoms. The van der Waals surface area contributed by atoms with Gasteiger partial charge < -0.3 is 4.98 Å². The molecule has 4 rings (SSSR count). The number of aromatic amines is 1. The van der Waals surface area contributed by atoms with Crippen LogP contribution in [0.15, 0.2) is 55.4 Å². The zero-order chi connectivity index (χ0) is 23.2. The summed E-state index contributed by atoms with van der Waals surface area (Å²) in [7, 11) is 0. The third-order valence-electron chi connectivity index (χ3n) is 5.90. The molecule has 0 spiro atoms. The lowest BCUT2D eigenvalue weighted by Gasteiger charge is -2.12. The van der Waals surface area contributed by atoms with Crippen molar-refractivity contribution in [2.24, 2.45) is 15.4 Å². The average molecular weight is 470 g/mol. The smallest absolute Gasteiger partial charge is 0.323 e. The Hall–Kier alpha value is -3.07. The van der Waals surface area contributed by atoms with Crippen LogP contribution >= 0.6 is 11.6 Å². The first-order chi connectivity index (χ1) is 16.1. The molecule has 9 nitrogen and oxygen atoms in total. The molecule has 10 heteroatoms. The number of halogens is 1. The Morgan fingerprint density at radius 2 is 1.82 bits per heavy atom. The van der Waals surface area contributed by atoms with E-state index in [-0.39, 0.29) is 28.1 Å². The number of H-pyrrole nitrogens is 1. The van der Waals surface area contributed by atoms with E-state index < -0.39 is 0 Å². The number of hydrogen-bond acceptors (Lipinski definition) is 6. The van der Waals surface area contributed by atoms with Gasteiger partial charge in [-0.15, -0.1) is 5.10 Å². The lowest BCUT2D eigenvalue weighted by atomic mass is 9.99. The fourth-order valence-corrected chi connectivity index (χ4v) is 4.27. The van der Waals surface area contributed by atoms with Crippen molar-refractivity contribution in [2.45, 2.75) is 71.0 Å². The zero-order valence-corrected chi connectivity index (χ0v) is 19.5. The van der Waals surface area contributed by atoms with Gasteiger partial charge in [0.25, 0.3) is 5.56 Å². The van der Waals surface area contributed by atoms with Crippen LogP contribution in [0.2, 0.25) is 5.28 Å². The maximum absolute atomic E-state index is 13.0. The third-order valence-corrected chi connectivity index (χ3v) is 6.08. The van der Waals surface area contributed by atoms with E-state index in [2.05, 4.69) is 44.5 Å². The highest BCUT2D eigenvalue weighted by Crippen LogP contribution is 2.17. The van der Waals surface area contributed by atoms with Gasteiger partial charge in [-0.05, 0) is 41.7 Å². The van der Waals surface area contributed by atoms with E-state index >= 15 is 0 Å². The van der Waals surface area contributed by atoms with E-state index in [1.807, 2.05) is 18.2 Å². The summed E-state index contributed by atoms with van der Waals surface area (Å²) in [6, 6.07) is 10.2. The molecule has 3 aromatic rings. The minimum Gasteiger partial charge on any atom is -0.323 e. The fraction of sp³-hybridized carbons (Fsp3) is 0.478. The van der Waals surface area contributed by atoms with E-state index in [0.29, 0.717) is 25.2 Å². The number of nitrogens with one attached hydrogen (secondary N) is 1. The molecule has 0 aliphatic carbocycles. The van der Waals surface area contributed by atoms with Crippen molar-refractivity contribution in [3.8, 4) is 0 Å². The molecule has 0 amide bonds. The van der Waals surface area contributed by atoms with Crippen molar-refractivity contribution in [1.82, 2.24) is 19.1 Å². The van der Waals surface area contributed by atoms with Crippen molar-refractivity contribution in [3.63, 3.8) is 0 Å². The number of aryl methyl sites for hydroxylation is 1. The molecule has 0 saturated heterocycles. The van der Waals surface area contributed by atoms with E-state index in [1.165, 1.54) is 10.1 Å². The first-order valence-electron chi connectivity index (χ1n) is 11.5. The summed E-state index contributed by atoms with van der Waals surface area (Å²) in [5.74, 6) is 0. The van der Waals surface area contributed by atoms with Crippen LogP contribution in [0.3, 0.4) is 0 Å². The summed E-state index contributed by atoms with van der Waals surface area (Å²) in [4.78, 5) is 32.8. The second-order valence-electron chi connectivity index (χ2n) is 8.29. The van der Waals surface area contributed by atoms with Gasteiger partial charge in [0.15, 0.2) is 11.2 Å². The van der Waals surface area contributed by atoms with Gasteiger partial charge >= 0.3 is 5.69 Å². The van der Waals surface area contributed by atoms with Gasteiger partial charge in [0.2, 0.25) is 5.28 Å². The number of imidazole rings is 1. The number of unbranched alkanes of at least 4 members (excludes halogenated alkanes) is 3. The van der Waals surface area contributed by atoms with Gasteiger partial charge in [-0.1, -0.05) is 56.5 Å². The molecule has 0 radical (unpaired) electrons.